The standard InChI is InChI=1S/C13H17NO4S/c1-3-14(8-9-18-2)13(17)11-6-4-10(19-11)5-7-12(15)16/h4-7H,3,8-9H2,1-2H3,(H,15,16)/b7-5+. The summed E-state index contributed by atoms with van der Waals surface area (Å²) < 4.78 is 4.96. The van der Waals surface area contributed by atoms with Crippen LogP contribution < -0.4 is 0 Å². The monoisotopic (exact) mass is 283 g/mol. The van der Waals surface area contributed by atoms with Crippen molar-refractivity contribution in [1.29, 1.82) is 0 Å². The molecular formula is C13H17NO4S. The summed E-state index contributed by atoms with van der Waals surface area (Å²) in [5.74, 6) is -1.06. The largest absolute Gasteiger partial charge is 0.478 e. The topological polar surface area (TPSA) is 66.8 Å². The zero-order chi connectivity index (χ0) is 14.3. The molecule has 1 amide bonds. The lowest BCUT2D eigenvalue weighted by molar-refractivity contribution is -0.131. The Morgan fingerprint density at radius 1 is 1.47 bits per heavy atom. The van der Waals surface area contributed by atoms with Gasteiger partial charge in [-0.2, -0.15) is 0 Å². The number of carbonyl (C=O) groups is 2. The van der Waals surface area contributed by atoms with Crippen molar-refractivity contribution < 1.29 is 19.4 Å². The van der Waals surface area contributed by atoms with Crippen molar-refractivity contribution in [2.75, 3.05) is 26.8 Å². The second-order valence-electron chi connectivity index (χ2n) is 3.75. The molecule has 0 aliphatic heterocycles. The summed E-state index contributed by atoms with van der Waals surface area (Å²) in [4.78, 5) is 25.6. The van der Waals surface area contributed by atoms with E-state index >= 15 is 0 Å². The number of rotatable bonds is 7. The van der Waals surface area contributed by atoms with Crippen LogP contribution in [0.5, 0.6) is 0 Å². The number of ether oxygens (including phenoxy) is 1. The van der Waals surface area contributed by atoms with Crippen LogP contribution in [0, 0.1) is 0 Å². The Bertz CT molecular complexity index is 467. The zero-order valence-corrected chi connectivity index (χ0v) is 11.8. The number of thiophene rings is 1. The van der Waals surface area contributed by atoms with Gasteiger partial charge in [0, 0.05) is 31.2 Å². The average molecular weight is 283 g/mol. The third kappa shape index (κ3) is 4.84. The predicted octanol–water partition coefficient (Wildman–Crippen LogP) is 1.95. The number of hydrogen-bond acceptors (Lipinski definition) is 4. The maximum absolute atomic E-state index is 12.2. The highest BCUT2D eigenvalue weighted by molar-refractivity contribution is 7.14. The van der Waals surface area contributed by atoms with E-state index in [1.807, 2.05) is 6.92 Å². The van der Waals surface area contributed by atoms with Crippen molar-refractivity contribution >= 4 is 29.3 Å². The molecule has 19 heavy (non-hydrogen) atoms. The molecule has 1 heterocycles. The molecule has 0 aromatic carbocycles. The number of carboxylic acid groups (broad SMARTS) is 1. The van der Waals surface area contributed by atoms with Gasteiger partial charge in [-0.25, -0.2) is 4.79 Å². The lowest BCUT2D eigenvalue weighted by Gasteiger charge is -2.19. The second kappa shape index (κ2) is 7.70. The van der Waals surface area contributed by atoms with Crippen LogP contribution >= 0.6 is 11.3 Å². The molecule has 1 aromatic heterocycles. The fourth-order valence-electron chi connectivity index (χ4n) is 1.47. The SMILES string of the molecule is CCN(CCOC)C(=O)c1ccc(/C=C/C(=O)O)s1. The van der Waals surface area contributed by atoms with Gasteiger partial charge in [0.15, 0.2) is 0 Å². The van der Waals surface area contributed by atoms with E-state index in [1.165, 1.54) is 17.4 Å². The molecule has 0 unspecified atom stereocenters. The van der Waals surface area contributed by atoms with Gasteiger partial charge in [-0.3, -0.25) is 4.79 Å². The van der Waals surface area contributed by atoms with Gasteiger partial charge in [-0.1, -0.05) is 0 Å². The third-order valence-electron chi connectivity index (χ3n) is 2.46. The van der Waals surface area contributed by atoms with Gasteiger partial charge < -0.3 is 14.7 Å². The Hall–Kier alpha value is -1.66. The molecule has 1 N–H and O–H groups in total. The highest BCUT2D eigenvalue weighted by atomic mass is 32.1. The molecule has 0 bridgehead atoms. The van der Waals surface area contributed by atoms with Crippen molar-refractivity contribution in [3.05, 3.63) is 28.0 Å². The molecule has 1 aromatic rings. The molecule has 5 nitrogen and oxygen atoms in total. The van der Waals surface area contributed by atoms with Gasteiger partial charge in [0.05, 0.1) is 11.5 Å². The van der Waals surface area contributed by atoms with Gasteiger partial charge in [0.2, 0.25) is 0 Å². The molecule has 0 aliphatic rings. The Morgan fingerprint density at radius 2 is 2.21 bits per heavy atom. The lowest BCUT2D eigenvalue weighted by Crippen LogP contribution is -2.33. The minimum absolute atomic E-state index is 0.0560. The molecular weight excluding hydrogens is 266 g/mol. The summed E-state index contributed by atoms with van der Waals surface area (Å²) >= 11 is 1.28. The Balaban J connectivity index is 2.73. The van der Waals surface area contributed by atoms with Crippen LogP contribution in [0.1, 0.15) is 21.5 Å². The summed E-state index contributed by atoms with van der Waals surface area (Å²) in [6.45, 7) is 3.56. The quantitative estimate of drug-likeness (QED) is 0.777. The number of hydrogen-bond donors (Lipinski definition) is 1. The van der Waals surface area contributed by atoms with Crippen LogP contribution in [-0.2, 0) is 9.53 Å². The minimum Gasteiger partial charge on any atom is -0.478 e. The predicted molar refractivity (Wildman–Crippen MR) is 74.4 cm³/mol. The Kier molecular flexibility index (Phi) is 6.24. The number of nitrogens with zero attached hydrogens (tertiary/aromatic N) is 1. The second-order valence-corrected chi connectivity index (χ2v) is 4.87. The van der Waals surface area contributed by atoms with Crippen LogP contribution in [0.2, 0.25) is 0 Å². The van der Waals surface area contributed by atoms with Crippen LogP contribution in [-0.4, -0.2) is 48.7 Å². The number of carbonyl (C=O) groups excluding carboxylic acids is 1. The van der Waals surface area contributed by atoms with E-state index in [4.69, 9.17) is 9.84 Å². The number of aliphatic carboxylic acids is 1. The highest BCUT2D eigenvalue weighted by Gasteiger charge is 2.15. The van der Waals surface area contributed by atoms with Crippen LogP contribution in [0.15, 0.2) is 18.2 Å². The van der Waals surface area contributed by atoms with Crippen molar-refractivity contribution in [2.45, 2.75) is 6.92 Å². The Labute approximate surface area is 116 Å². The van der Waals surface area contributed by atoms with E-state index in [0.717, 1.165) is 11.0 Å². The van der Waals surface area contributed by atoms with Gasteiger partial charge in [-0.15, -0.1) is 11.3 Å². The summed E-state index contributed by atoms with van der Waals surface area (Å²) in [5, 5.41) is 8.54. The third-order valence-corrected chi connectivity index (χ3v) is 3.50. The van der Waals surface area contributed by atoms with Gasteiger partial charge in [-0.05, 0) is 25.1 Å². The first-order valence-electron chi connectivity index (χ1n) is 5.87. The van der Waals surface area contributed by atoms with Gasteiger partial charge >= 0.3 is 5.97 Å². The number of amides is 1. The molecule has 0 radical (unpaired) electrons. The van der Waals surface area contributed by atoms with E-state index < -0.39 is 5.97 Å². The van der Waals surface area contributed by atoms with Gasteiger partial charge in [0.25, 0.3) is 5.91 Å². The number of likely N-dealkylation sites (N-methyl/N-ethyl adjacent to an activating group) is 1. The first kappa shape index (κ1) is 15.4. The maximum Gasteiger partial charge on any atom is 0.328 e. The molecule has 1 rings (SSSR count). The number of methoxy groups -OCH3 is 1. The molecule has 0 aliphatic carbocycles. The van der Waals surface area contributed by atoms with E-state index in [9.17, 15) is 9.59 Å². The summed E-state index contributed by atoms with van der Waals surface area (Å²) in [7, 11) is 1.60. The van der Waals surface area contributed by atoms with Crippen molar-refractivity contribution in [3.8, 4) is 0 Å². The highest BCUT2D eigenvalue weighted by Crippen LogP contribution is 2.19. The first-order chi connectivity index (χ1) is 9.08. The summed E-state index contributed by atoms with van der Waals surface area (Å²) in [6, 6.07) is 3.45. The van der Waals surface area contributed by atoms with Crippen molar-refractivity contribution in [2.24, 2.45) is 0 Å². The molecule has 0 spiro atoms. The molecule has 104 valence electrons. The van der Waals surface area contributed by atoms with Crippen molar-refractivity contribution in [3.63, 3.8) is 0 Å². The normalized spacial score (nSPS) is 10.8. The fraction of sp³-hybridized carbons (Fsp3) is 0.385. The summed E-state index contributed by atoms with van der Waals surface area (Å²) in [6.07, 6.45) is 2.54. The van der Waals surface area contributed by atoms with Crippen LogP contribution in [0.25, 0.3) is 6.08 Å². The van der Waals surface area contributed by atoms with E-state index in [-0.39, 0.29) is 5.91 Å². The Morgan fingerprint density at radius 3 is 2.79 bits per heavy atom. The number of carboxylic acids is 1. The summed E-state index contributed by atoms with van der Waals surface area (Å²) in [5.41, 5.74) is 0. The van der Waals surface area contributed by atoms with E-state index in [0.29, 0.717) is 24.6 Å². The molecule has 0 atom stereocenters. The first-order valence-corrected chi connectivity index (χ1v) is 6.69. The molecule has 0 saturated carbocycles. The van der Waals surface area contributed by atoms with E-state index in [2.05, 4.69) is 0 Å². The minimum atomic E-state index is -1.00. The molecule has 6 heteroatoms. The zero-order valence-electron chi connectivity index (χ0n) is 11.0. The lowest BCUT2D eigenvalue weighted by atomic mass is 10.3. The average Bonchev–Trinajstić information content (AvgIpc) is 2.85. The smallest absolute Gasteiger partial charge is 0.328 e. The van der Waals surface area contributed by atoms with E-state index in [1.54, 1.807) is 24.1 Å². The van der Waals surface area contributed by atoms with Crippen molar-refractivity contribution in [1.82, 2.24) is 4.90 Å². The van der Waals surface area contributed by atoms with Gasteiger partial charge in [0.1, 0.15) is 0 Å². The van der Waals surface area contributed by atoms with Crippen LogP contribution in [0.3, 0.4) is 0 Å². The maximum atomic E-state index is 12.2. The fourth-order valence-corrected chi connectivity index (χ4v) is 2.35. The molecule has 0 saturated heterocycles. The van der Waals surface area contributed by atoms with Crippen LogP contribution in [0.4, 0.5) is 0 Å². The molecule has 0 fully saturated rings.